The van der Waals surface area contributed by atoms with Crippen molar-refractivity contribution in [2.45, 2.75) is 58.3 Å². The molecule has 4 heterocycles. The maximum absolute atomic E-state index is 15.0. The van der Waals surface area contributed by atoms with E-state index >= 15 is 4.39 Å². The first kappa shape index (κ1) is 28.4. The first-order valence-corrected chi connectivity index (χ1v) is 14.1. The largest absolute Gasteiger partial charge is 0.489 e. The summed E-state index contributed by atoms with van der Waals surface area (Å²) in [5.41, 5.74) is 0.117. The quantitative estimate of drug-likeness (QED) is 0.522. The summed E-state index contributed by atoms with van der Waals surface area (Å²) in [5.74, 6) is -0.0881. The summed E-state index contributed by atoms with van der Waals surface area (Å²) in [7, 11) is 2.07. The summed E-state index contributed by atoms with van der Waals surface area (Å²) in [6.07, 6.45) is -0.427. The number of amides is 2. The van der Waals surface area contributed by atoms with Crippen LogP contribution >= 0.6 is 11.6 Å². The molecule has 1 aromatic carbocycles. The van der Waals surface area contributed by atoms with Crippen LogP contribution in [0.1, 0.15) is 45.0 Å². The van der Waals surface area contributed by atoms with E-state index in [9.17, 15) is 9.59 Å². The molecular weight excluding hydrogens is 537 g/mol. The number of halogens is 2. The smallest absolute Gasteiger partial charge is 0.410 e. The predicted molar refractivity (Wildman–Crippen MR) is 152 cm³/mol. The van der Waals surface area contributed by atoms with E-state index in [0.29, 0.717) is 25.5 Å². The van der Waals surface area contributed by atoms with E-state index in [2.05, 4.69) is 30.7 Å². The van der Waals surface area contributed by atoms with Gasteiger partial charge in [0.25, 0.3) is 5.91 Å². The van der Waals surface area contributed by atoms with E-state index in [1.807, 2.05) is 20.8 Å². The topological polar surface area (TPSA) is 78.5 Å². The number of pyridine rings is 1. The minimum atomic E-state index is -0.631. The Labute approximate surface area is 239 Å². The lowest BCUT2D eigenvalue weighted by Gasteiger charge is -2.44. The van der Waals surface area contributed by atoms with Gasteiger partial charge in [0, 0.05) is 50.4 Å². The SMILES string of the molecule is C[C@@H]1CN(c2nc(-c3ccccc3F)c(Cl)c3c2C(=O)N2CCN(C(=O)OC(C)(C)C)C[C@@H]2CO3)[C@@H](C)CN1C. The summed E-state index contributed by atoms with van der Waals surface area (Å²) >= 11 is 6.88. The first-order valence-electron chi connectivity index (χ1n) is 13.7. The number of ether oxygens (including phenoxy) is 2. The van der Waals surface area contributed by atoms with Gasteiger partial charge in [0.1, 0.15) is 34.4 Å². The standard InChI is InChI=1S/C29H37ClFN5O4/c1-17-14-36(18(2)13-33(17)6)26-22-25(23(30)24(32-26)20-9-7-8-10-21(20)31)39-16-19-15-34(11-12-35(19)27(22)37)28(38)40-29(3,4)5/h7-10,17-19H,11-16H2,1-6H3/t17-,18+,19-/m1/s1. The summed E-state index contributed by atoms with van der Waals surface area (Å²) in [4.78, 5) is 39.7. The third kappa shape index (κ3) is 5.31. The van der Waals surface area contributed by atoms with Crippen molar-refractivity contribution in [1.82, 2.24) is 19.7 Å². The second-order valence-corrected chi connectivity index (χ2v) is 12.3. The Morgan fingerprint density at radius 3 is 2.52 bits per heavy atom. The van der Waals surface area contributed by atoms with Crippen LogP contribution < -0.4 is 9.64 Å². The Morgan fingerprint density at radius 2 is 1.82 bits per heavy atom. The van der Waals surface area contributed by atoms with Crippen LogP contribution in [-0.4, -0.2) is 102 Å². The van der Waals surface area contributed by atoms with Crippen molar-refractivity contribution in [3.8, 4) is 17.0 Å². The molecule has 2 saturated heterocycles. The van der Waals surface area contributed by atoms with Crippen LogP contribution in [0.25, 0.3) is 11.3 Å². The van der Waals surface area contributed by atoms with Crippen molar-refractivity contribution in [3.63, 3.8) is 0 Å². The summed E-state index contributed by atoms with van der Waals surface area (Å²) in [5, 5.41) is 0.0934. The average Bonchev–Trinajstić information content (AvgIpc) is 3.03. The molecule has 2 aromatic rings. The number of hydrogen-bond donors (Lipinski definition) is 0. The highest BCUT2D eigenvalue weighted by Gasteiger charge is 2.42. The van der Waals surface area contributed by atoms with E-state index in [4.69, 9.17) is 26.1 Å². The van der Waals surface area contributed by atoms with Crippen molar-refractivity contribution >= 4 is 29.4 Å². The molecule has 3 atom stereocenters. The van der Waals surface area contributed by atoms with Crippen molar-refractivity contribution in [3.05, 3.63) is 40.7 Å². The zero-order valence-electron chi connectivity index (χ0n) is 23.9. The number of likely N-dealkylation sites (N-methyl/N-ethyl adjacent to an activating group) is 1. The highest BCUT2D eigenvalue weighted by atomic mass is 35.5. The van der Waals surface area contributed by atoms with Gasteiger partial charge in [-0.3, -0.25) is 9.69 Å². The maximum atomic E-state index is 15.0. The van der Waals surface area contributed by atoms with Crippen LogP contribution in [0.2, 0.25) is 5.02 Å². The third-order valence-electron chi connectivity index (χ3n) is 7.80. The number of hydrogen-bond acceptors (Lipinski definition) is 7. The van der Waals surface area contributed by atoms with Crippen LogP contribution in [0.4, 0.5) is 15.0 Å². The van der Waals surface area contributed by atoms with Crippen LogP contribution in [0.15, 0.2) is 24.3 Å². The first-order chi connectivity index (χ1) is 18.9. The van der Waals surface area contributed by atoms with E-state index in [1.165, 1.54) is 6.07 Å². The van der Waals surface area contributed by atoms with Gasteiger partial charge in [-0.2, -0.15) is 0 Å². The number of anilines is 1. The molecule has 216 valence electrons. The zero-order valence-corrected chi connectivity index (χ0v) is 24.7. The van der Waals surface area contributed by atoms with E-state index < -0.39 is 23.6 Å². The third-order valence-corrected chi connectivity index (χ3v) is 8.15. The second-order valence-electron chi connectivity index (χ2n) is 12.0. The normalized spacial score (nSPS) is 23.8. The lowest BCUT2D eigenvalue weighted by molar-refractivity contribution is 0.000952. The lowest BCUT2D eigenvalue weighted by atomic mass is 10.0. The summed E-state index contributed by atoms with van der Waals surface area (Å²) < 4.78 is 26.9. The van der Waals surface area contributed by atoms with Crippen LogP contribution in [-0.2, 0) is 4.74 Å². The molecule has 5 rings (SSSR count). The Hall–Kier alpha value is -3.11. The van der Waals surface area contributed by atoms with Crippen molar-refractivity contribution in [2.75, 3.05) is 51.3 Å². The molecule has 11 heteroatoms. The molecule has 0 spiro atoms. The molecule has 3 aliphatic rings. The van der Waals surface area contributed by atoms with Crippen LogP contribution in [0.5, 0.6) is 5.75 Å². The molecule has 0 aliphatic carbocycles. The fourth-order valence-corrected chi connectivity index (χ4v) is 5.87. The lowest BCUT2D eigenvalue weighted by Crippen LogP contribution is -2.58. The summed E-state index contributed by atoms with van der Waals surface area (Å²) in [6, 6.07) is 6.13. The number of fused-ring (bicyclic) bond motifs is 2. The van der Waals surface area contributed by atoms with Crippen molar-refractivity contribution in [2.24, 2.45) is 0 Å². The molecule has 9 nitrogen and oxygen atoms in total. The van der Waals surface area contributed by atoms with E-state index in [-0.39, 0.29) is 58.7 Å². The van der Waals surface area contributed by atoms with Gasteiger partial charge in [-0.15, -0.1) is 0 Å². The van der Waals surface area contributed by atoms with Gasteiger partial charge in [-0.1, -0.05) is 23.7 Å². The molecule has 0 radical (unpaired) electrons. The predicted octanol–water partition coefficient (Wildman–Crippen LogP) is 4.52. The summed E-state index contributed by atoms with van der Waals surface area (Å²) in [6.45, 7) is 12.1. The number of carbonyl (C=O) groups excluding carboxylic acids is 2. The molecule has 0 saturated carbocycles. The van der Waals surface area contributed by atoms with Crippen molar-refractivity contribution in [1.29, 1.82) is 0 Å². The molecule has 2 fully saturated rings. The average molecular weight is 574 g/mol. The minimum Gasteiger partial charge on any atom is -0.489 e. The van der Waals surface area contributed by atoms with Crippen LogP contribution in [0.3, 0.4) is 0 Å². The van der Waals surface area contributed by atoms with Gasteiger partial charge in [0.2, 0.25) is 0 Å². The second kappa shape index (κ2) is 10.7. The number of carbonyl (C=O) groups is 2. The number of benzene rings is 1. The number of aromatic nitrogens is 1. The number of rotatable bonds is 2. The highest BCUT2D eigenvalue weighted by molar-refractivity contribution is 6.35. The molecule has 0 bridgehead atoms. The molecule has 0 N–H and O–H groups in total. The molecule has 2 amide bonds. The molecule has 1 aromatic heterocycles. The van der Waals surface area contributed by atoms with E-state index in [0.717, 1.165) is 6.54 Å². The highest BCUT2D eigenvalue weighted by Crippen LogP contribution is 2.44. The molecule has 40 heavy (non-hydrogen) atoms. The minimum absolute atomic E-state index is 0.0308. The van der Waals surface area contributed by atoms with Gasteiger partial charge in [-0.25, -0.2) is 14.2 Å². The molecule has 0 unspecified atom stereocenters. The maximum Gasteiger partial charge on any atom is 0.410 e. The van der Waals surface area contributed by atoms with Gasteiger partial charge in [0.05, 0.1) is 11.7 Å². The zero-order chi connectivity index (χ0) is 28.9. The van der Waals surface area contributed by atoms with Gasteiger partial charge in [0.15, 0.2) is 5.75 Å². The fourth-order valence-electron chi connectivity index (χ4n) is 5.57. The number of nitrogens with zero attached hydrogens (tertiary/aromatic N) is 5. The van der Waals surface area contributed by atoms with E-state index in [1.54, 1.807) is 28.0 Å². The van der Waals surface area contributed by atoms with Crippen molar-refractivity contribution < 1.29 is 23.5 Å². The van der Waals surface area contributed by atoms with Gasteiger partial charge in [-0.05, 0) is 53.8 Å². The van der Waals surface area contributed by atoms with Gasteiger partial charge >= 0.3 is 6.09 Å². The Morgan fingerprint density at radius 1 is 1.10 bits per heavy atom. The monoisotopic (exact) mass is 573 g/mol. The van der Waals surface area contributed by atoms with Crippen LogP contribution in [0, 0.1) is 5.82 Å². The Bertz CT molecular complexity index is 1320. The fraction of sp³-hybridized carbons (Fsp3) is 0.552. The Balaban J connectivity index is 1.58. The molecule has 3 aliphatic heterocycles. The Kier molecular flexibility index (Phi) is 7.60. The van der Waals surface area contributed by atoms with Gasteiger partial charge < -0.3 is 24.2 Å². The molecular formula is C29H37ClFN5O4. The number of piperazine rings is 2.